The van der Waals surface area contributed by atoms with Gasteiger partial charge in [-0.1, -0.05) is 36.0 Å². The van der Waals surface area contributed by atoms with E-state index in [0.717, 1.165) is 11.2 Å². The molecule has 0 N–H and O–H groups in total. The summed E-state index contributed by atoms with van der Waals surface area (Å²) < 4.78 is 4.93. The SMILES string of the molecule is CCOC(=O)C(=CCC=O)Sc1ccccc1. The molecule has 0 atom stereocenters. The summed E-state index contributed by atoms with van der Waals surface area (Å²) in [5.41, 5.74) is 0. The maximum atomic E-state index is 11.6. The summed E-state index contributed by atoms with van der Waals surface area (Å²) in [5, 5.41) is 0. The van der Waals surface area contributed by atoms with Crippen LogP contribution in [-0.2, 0) is 14.3 Å². The quantitative estimate of drug-likeness (QED) is 0.337. The Morgan fingerprint density at radius 1 is 1.35 bits per heavy atom. The van der Waals surface area contributed by atoms with Crippen molar-refractivity contribution in [3.8, 4) is 0 Å². The molecule has 90 valence electrons. The predicted molar refractivity (Wildman–Crippen MR) is 67.7 cm³/mol. The minimum atomic E-state index is -0.386. The van der Waals surface area contributed by atoms with Crippen molar-refractivity contribution in [2.24, 2.45) is 0 Å². The Hall–Kier alpha value is -1.55. The molecule has 0 saturated carbocycles. The minimum absolute atomic E-state index is 0.216. The highest BCUT2D eigenvalue weighted by Gasteiger charge is 2.11. The lowest BCUT2D eigenvalue weighted by Gasteiger charge is -2.06. The van der Waals surface area contributed by atoms with Gasteiger partial charge in [-0.3, -0.25) is 0 Å². The molecule has 1 rings (SSSR count). The molecule has 17 heavy (non-hydrogen) atoms. The Balaban J connectivity index is 2.77. The van der Waals surface area contributed by atoms with Crippen LogP contribution in [0.3, 0.4) is 0 Å². The normalized spacial score (nSPS) is 11.0. The Morgan fingerprint density at radius 2 is 2.06 bits per heavy atom. The average Bonchev–Trinajstić information content (AvgIpc) is 2.36. The molecule has 1 aromatic carbocycles. The lowest BCUT2D eigenvalue weighted by molar-refractivity contribution is -0.137. The maximum absolute atomic E-state index is 11.6. The van der Waals surface area contributed by atoms with Gasteiger partial charge in [-0.25, -0.2) is 4.79 Å². The van der Waals surface area contributed by atoms with E-state index < -0.39 is 0 Å². The van der Waals surface area contributed by atoms with Crippen molar-refractivity contribution in [2.75, 3.05) is 6.61 Å². The van der Waals surface area contributed by atoms with E-state index in [1.807, 2.05) is 30.3 Å². The average molecular weight is 250 g/mol. The van der Waals surface area contributed by atoms with Gasteiger partial charge in [0.25, 0.3) is 0 Å². The summed E-state index contributed by atoms with van der Waals surface area (Å²) in [4.78, 5) is 23.4. The zero-order valence-corrected chi connectivity index (χ0v) is 10.4. The van der Waals surface area contributed by atoms with Gasteiger partial charge in [-0.2, -0.15) is 0 Å². The first-order chi connectivity index (χ1) is 8.27. The number of hydrogen-bond acceptors (Lipinski definition) is 4. The Kier molecular flexibility index (Phi) is 6.10. The minimum Gasteiger partial charge on any atom is -0.462 e. The second-order valence-electron chi connectivity index (χ2n) is 3.11. The van der Waals surface area contributed by atoms with Crippen molar-refractivity contribution in [1.82, 2.24) is 0 Å². The molecule has 0 saturated heterocycles. The van der Waals surface area contributed by atoms with Crippen molar-refractivity contribution in [2.45, 2.75) is 18.2 Å². The van der Waals surface area contributed by atoms with Gasteiger partial charge in [0.15, 0.2) is 0 Å². The monoisotopic (exact) mass is 250 g/mol. The van der Waals surface area contributed by atoms with Crippen LogP contribution in [0.25, 0.3) is 0 Å². The molecule has 0 bridgehead atoms. The molecule has 4 heteroatoms. The number of allylic oxidation sites excluding steroid dienone is 1. The number of thioether (sulfide) groups is 1. The van der Waals surface area contributed by atoms with E-state index in [-0.39, 0.29) is 12.4 Å². The first-order valence-electron chi connectivity index (χ1n) is 5.31. The van der Waals surface area contributed by atoms with Crippen LogP contribution in [0, 0.1) is 0 Å². The third-order valence-corrected chi connectivity index (χ3v) is 2.91. The van der Waals surface area contributed by atoms with Crippen LogP contribution in [0.1, 0.15) is 13.3 Å². The highest BCUT2D eigenvalue weighted by Crippen LogP contribution is 2.27. The first-order valence-corrected chi connectivity index (χ1v) is 6.13. The molecule has 0 aliphatic carbocycles. The van der Waals surface area contributed by atoms with Gasteiger partial charge in [0.1, 0.15) is 6.29 Å². The van der Waals surface area contributed by atoms with Crippen LogP contribution < -0.4 is 0 Å². The smallest absolute Gasteiger partial charge is 0.344 e. The first kappa shape index (κ1) is 13.5. The number of benzene rings is 1. The van der Waals surface area contributed by atoms with Crippen LogP contribution >= 0.6 is 11.8 Å². The highest BCUT2D eigenvalue weighted by molar-refractivity contribution is 8.04. The van der Waals surface area contributed by atoms with E-state index in [1.54, 1.807) is 13.0 Å². The van der Waals surface area contributed by atoms with Crippen LogP contribution in [0.4, 0.5) is 0 Å². The molecule has 0 heterocycles. The molecule has 0 unspecified atom stereocenters. The summed E-state index contributed by atoms with van der Waals surface area (Å²) in [7, 11) is 0. The number of carbonyl (C=O) groups excluding carboxylic acids is 2. The summed E-state index contributed by atoms with van der Waals surface area (Å²) in [5.74, 6) is -0.386. The molecule has 1 aromatic rings. The van der Waals surface area contributed by atoms with E-state index in [1.165, 1.54) is 11.8 Å². The van der Waals surface area contributed by atoms with Crippen molar-refractivity contribution < 1.29 is 14.3 Å². The van der Waals surface area contributed by atoms with Crippen LogP contribution in [0.15, 0.2) is 46.2 Å². The van der Waals surface area contributed by atoms with Crippen molar-refractivity contribution in [3.05, 3.63) is 41.3 Å². The molecule has 0 amide bonds. The molecule has 0 spiro atoms. The molecule has 0 aromatic heterocycles. The molecule has 3 nitrogen and oxygen atoms in total. The summed E-state index contributed by atoms with van der Waals surface area (Å²) in [6.07, 6.45) is 2.56. The van der Waals surface area contributed by atoms with Crippen molar-refractivity contribution in [3.63, 3.8) is 0 Å². The Labute approximate surface area is 105 Å². The topological polar surface area (TPSA) is 43.4 Å². The van der Waals surface area contributed by atoms with Crippen LogP contribution in [0.5, 0.6) is 0 Å². The molecule has 0 aliphatic rings. The highest BCUT2D eigenvalue weighted by atomic mass is 32.2. The maximum Gasteiger partial charge on any atom is 0.344 e. The molecule has 0 fully saturated rings. The third kappa shape index (κ3) is 4.87. The van der Waals surface area contributed by atoms with Gasteiger partial charge in [0, 0.05) is 11.3 Å². The van der Waals surface area contributed by atoms with Gasteiger partial charge in [-0.05, 0) is 19.1 Å². The van der Waals surface area contributed by atoms with E-state index in [2.05, 4.69) is 0 Å². The van der Waals surface area contributed by atoms with E-state index in [4.69, 9.17) is 4.74 Å². The van der Waals surface area contributed by atoms with Gasteiger partial charge in [0.2, 0.25) is 0 Å². The van der Waals surface area contributed by atoms with E-state index >= 15 is 0 Å². The van der Waals surface area contributed by atoms with E-state index in [9.17, 15) is 9.59 Å². The van der Waals surface area contributed by atoms with Gasteiger partial charge < -0.3 is 9.53 Å². The molecule has 0 aliphatic heterocycles. The van der Waals surface area contributed by atoms with Gasteiger partial charge >= 0.3 is 5.97 Å². The zero-order valence-electron chi connectivity index (χ0n) is 9.59. The van der Waals surface area contributed by atoms with Crippen molar-refractivity contribution >= 4 is 24.0 Å². The lowest BCUT2D eigenvalue weighted by atomic mass is 10.4. The second-order valence-corrected chi connectivity index (χ2v) is 4.22. The lowest BCUT2D eigenvalue weighted by Crippen LogP contribution is -2.05. The standard InChI is InChI=1S/C13H14O3S/c1-2-16-13(15)12(9-6-10-14)17-11-7-4-3-5-8-11/h3-5,7-10H,2,6H2,1H3. The number of esters is 1. The zero-order chi connectivity index (χ0) is 12.5. The number of carbonyl (C=O) groups is 2. The fourth-order valence-corrected chi connectivity index (χ4v) is 2.01. The van der Waals surface area contributed by atoms with Crippen LogP contribution in [-0.4, -0.2) is 18.9 Å². The predicted octanol–water partition coefficient (Wildman–Crippen LogP) is 2.81. The number of aldehydes is 1. The number of ether oxygens (including phenoxy) is 1. The molecule has 0 radical (unpaired) electrons. The largest absolute Gasteiger partial charge is 0.462 e. The number of hydrogen-bond donors (Lipinski definition) is 0. The van der Waals surface area contributed by atoms with E-state index in [0.29, 0.717) is 11.5 Å². The second kappa shape index (κ2) is 7.68. The summed E-state index contributed by atoms with van der Waals surface area (Å²) >= 11 is 1.30. The third-order valence-electron chi connectivity index (χ3n) is 1.85. The van der Waals surface area contributed by atoms with Crippen LogP contribution in [0.2, 0.25) is 0 Å². The summed E-state index contributed by atoms with van der Waals surface area (Å²) in [6, 6.07) is 9.50. The fraction of sp³-hybridized carbons (Fsp3) is 0.231. The molecular formula is C13H14O3S. The summed E-state index contributed by atoms with van der Waals surface area (Å²) in [6.45, 7) is 2.08. The Bertz CT molecular complexity index is 398. The van der Waals surface area contributed by atoms with Crippen molar-refractivity contribution in [1.29, 1.82) is 0 Å². The Morgan fingerprint density at radius 3 is 2.65 bits per heavy atom. The molecular weight excluding hydrogens is 236 g/mol. The number of rotatable bonds is 6. The van der Waals surface area contributed by atoms with Gasteiger partial charge in [0.05, 0.1) is 11.5 Å². The fourth-order valence-electron chi connectivity index (χ4n) is 1.14. The van der Waals surface area contributed by atoms with Gasteiger partial charge in [-0.15, -0.1) is 0 Å².